The van der Waals surface area contributed by atoms with Gasteiger partial charge in [-0.15, -0.1) is 0 Å². The highest BCUT2D eigenvalue weighted by atomic mass is 32.2. The molecule has 0 spiro atoms. The summed E-state index contributed by atoms with van der Waals surface area (Å²) < 4.78 is 60.5. The van der Waals surface area contributed by atoms with E-state index in [0.29, 0.717) is 12.3 Å². The average molecular weight is 232 g/mol. The van der Waals surface area contributed by atoms with Crippen LogP contribution in [0, 0.1) is 5.92 Å². The van der Waals surface area contributed by atoms with Gasteiger partial charge in [0, 0.05) is 0 Å². The zero-order valence-electron chi connectivity index (χ0n) is 7.54. The Morgan fingerprint density at radius 1 is 1.43 bits per heavy atom. The summed E-state index contributed by atoms with van der Waals surface area (Å²) in [5, 5.41) is 0. The summed E-state index contributed by atoms with van der Waals surface area (Å²) >= 11 is 0. The quantitative estimate of drug-likeness (QED) is 0.550. The maximum absolute atomic E-state index is 11.8. The first-order chi connectivity index (χ1) is 6.22. The Labute approximate surface area is 80.4 Å². The maximum atomic E-state index is 11.8. The van der Waals surface area contributed by atoms with E-state index in [1.54, 1.807) is 0 Å². The van der Waals surface area contributed by atoms with Gasteiger partial charge in [0.15, 0.2) is 0 Å². The SMILES string of the molecule is CC(CC1CC1)OS(=O)(=O)C(F)(F)F. The van der Waals surface area contributed by atoms with Crippen molar-refractivity contribution in [2.45, 2.75) is 37.8 Å². The first-order valence-electron chi connectivity index (χ1n) is 4.22. The maximum Gasteiger partial charge on any atom is 0.523 e. The van der Waals surface area contributed by atoms with E-state index in [2.05, 4.69) is 4.18 Å². The van der Waals surface area contributed by atoms with Crippen molar-refractivity contribution < 1.29 is 25.8 Å². The number of hydrogen-bond donors (Lipinski definition) is 0. The molecular formula is C7H11F3O3S. The van der Waals surface area contributed by atoms with Gasteiger partial charge in [0.25, 0.3) is 0 Å². The lowest BCUT2D eigenvalue weighted by Gasteiger charge is -2.13. The van der Waals surface area contributed by atoms with Gasteiger partial charge < -0.3 is 0 Å². The minimum absolute atomic E-state index is 0.327. The van der Waals surface area contributed by atoms with E-state index in [9.17, 15) is 21.6 Å². The largest absolute Gasteiger partial charge is 0.523 e. The Bertz CT molecular complexity index is 292. The predicted molar refractivity (Wildman–Crippen MR) is 42.9 cm³/mol. The number of alkyl halides is 3. The molecule has 0 saturated heterocycles. The average Bonchev–Trinajstić information content (AvgIpc) is 2.66. The zero-order valence-corrected chi connectivity index (χ0v) is 8.36. The third-order valence-electron chi connectivity index (χ3n) is 1.94. The van der Waals surface area contributed by atoms with E-state index < -0.39 is 21.7 Å². The van der Waals surface area contributed by atoms with Crippen molar-refractivity contribution in [1.29, 1.82) is 0 Å². The summed E-state index contributed by atoms with van der Waals surface area (Å²) in [6.07, 6.45) is 1.36. The third-order valence-corrected chi connectivity index (χ3v) is 3.09. The highest BCUT2D eigenvalue weighted by Crippen LogP contribution is 2.35. The fourth-order valence-corrected chi connectivity index (χ4v) is 1.75. The molecule has 0 heterocycles. The summed E-state index contributed by atoms with van der Waals surface area (Å²) in [7, 11) is -5.41. The first kappa shape index (κ1) is 11.8. The second-order valence-electron chi connectivity index (χ2n) is 3.49. The van der Waals surface area contributed by atoms with Crippen LogP contribution in [-0.2, 0) is 14.3 Å². The van der Waals surface area contributed by atoms with E-state index in [4.69, 9.17) is 0 Å². The van der Waals surface area contributed by atoms with Gasteiger partial charge in [-0.2, -0.15) is 21.6 Å². The lowest BCUT2D eigenvalue weighted by molar-refractivity contribution is -0.0571. The van der Waals surface area contributed by atoms with Gasteiger partial charge in [-0.1, -0.05) is 12.8 Å². The van der Waals surface area contributed by atoms with Crippen LogP contribution in [0.15, 0.2) is 0 Å². The Balaban J connectivity index is 2.49. The molecule has 1 atom stereocenters. The Kier molecular flexibility index (Phi) is 3.10. The summed E-state index contributed by atoms with van der Waals surface area (Å²) in [6.45, 7) is 1.33. The molecule has 1 rings (SSSR count). The molecule has 1 aliphatic rings. The molecule has 1 fully saturated rings. The minimum atomic E-state index is -5.41. The Morgan fingerprint density at radius 3 is 2.29 bits per heavy atom. The summed E-state index contributed by atoms with van der Waals surface area (Å²) in [6, 6.07) is 0. The Morgan fingerprint density at radius 2 is 1.93 bits per heavy atom. The van der Waals surface area contributed by atoms with Crippen molar-refractivity contribution in [1.82, 2.24) is 0 Å². The van der Waals surface area contributed by atoms with Gasteiger partial charge in [0.05, 0.1) is 6.10 Å². The molecular weight excluding hydrogens is 221 g/mol. The van der Waals surface area contributed by atoms with Gasteiger partial charge in [-0.3, -0.25) is 4.18 Å². The van der Waals surface area contributed by atoms with Gasteiger partial charge in [0.2, 0.25) is 0 Å². The standard InChI is InChI=1S/C7H11F3O3S/c1-5(4-6-2-3-6)13-14(11,12)7(8,9)10/h5-6H,2-4H2,1H3. The highest BCUT2D eigenvalue weighted by Gasteiger charge is 2.48. The van der Waals surface area contributed by atoms with Crippen molar-refractivity contribution >= 4 is 10.1 Å². The molecule has 0 N–H and O–H groups in total. The first-order valence-corrected chi connectivity index (χ1v) is 5.63. The molecule has 1 saturated carbocycles. The van der Waals surface area contributed by atoms with Crippen LogP contribution in [0.3, 0.4) is 0 Å². The highest BCUT2D eigenvalue weighted by molar-refractivity contribution is 7.87. The van der Waals surface area contributed by atoms with Gasteiger partial charge >= 0.3 is 15.6 Å². The van der Waals surface area contributed by atoms with Crippen molar-refractivity contribution in [3.63, 3.8) is 0 Å². The normalized spacial score (nSPS) is 20.9. The van der Waals surface area contributed by atoms with Gasteiger partial charge in [0.1, 0.15) is 0 Å². The van der Waals surface area contributed by atoms with Crippen LogP contribution in [-0.4, -0.2) is 20.0 Å². The molecule has 0 aromatic carbocycles. The summed E-state index contributed by atoms with van der Waals surface area (Å²) in [5.74, 6) is 0.327. The smallest absolute Gasteiger partial charge is 0.260 e. The van der Waals surface area contributed by atoms with Crippen LogP contribution in [0.1, 0.15) is 26.2 Å². The van der Waals surface area contributed by atoms with Crippen molar-refractivity contribution in [3.05, 3.63) is 0 Å². The van der Waals surface area contributed by atoms with Crippen LogP contribution >= 0.6 is 0 Å². The van der Waals surface area contributed by atoms with Crippen LogP contribution in [0.4, 0.5) is 13.2 Å². The van der Waals surface area contributed by atoms with Crippen LogP contribution < -0.4 is 0 Å². The van der Waals surface area contributed by atoms with E-state index in [1.165, 1.54) is 6.92 Å². The Hall–Kier alpha value is -0.300. The second kappa shape index (κ2) is 3.69. The molecule has 0 aromatic rings. The fraction of sp³-hybridized carbons (Fsp3) is 1.00. The lowest BCUT2D eigenvalue weighted by Crippen LogP contribution is -2.29. The third kappa shape index (κ3) is 3.13. The fourth-order valence-electron chi connectivity index (χ4n) is 1.13. The minimum Gasteiger partial charge on any atom is -0.260 e. The molecule has 7 heteroatoms. The molecule has 0 aliphatic heterocycles. The molecule has 3 nitrogen and oxygen atoms in total. The van der Waals surface area contributed by atoms with E-state index in [1.807, 2.05) is 0 Å². The monoisotopic (exact) mass is 232 g/mol. The van der Waals surface area contributed by atoms with Crippen LogP contribution in [0.25, 0.3) is 0 Å². The summed E-state index contributed by atoms with van der Waals surface area (Å²) in [4.78, 5) is 0. The summed E-state index contributed by atoms with van der Waals surface area (Å²) in [5.41, 5.74) is -5.31. The molecule has 0 radical (unpaired) electrons. The van der Waals surface area contributed by atoms with E-state index in [-0.39, 0.29) is 0 Å². The molecule has 14 heavy (non-hydrogen) atoms. The molecule has 84 valence electrons. The van der Waals surface area contributed by atoms with Gasteiger partial charge in [-0.05, 0) is 19.3 Å². The number of hydrogen-bond acceptors (Lipinski definition) is 3. The van der Waals surface area contributed by atoms with Crippen molar-refractivity contribution in [2.24, 2.45) is 5.92 Å². The van der Waals surface area contributed by atoms with Crippen LogP contribution in [0.5, 0.6) is 0 Å². The molecule has 0 amide bonds. The van der Waals surface area contributed by atoms with Crippen molar-refractivity contribution in [2.75, 3.05) is 0 Å². The lowest BCUT2D eigenvalue weighted by atomic mass is 10.2. The number of halogens is 3. The molecule has 1 aliphatic carbocycles. The zero-order chi connectivity index (χ0) is 11.0. The van der Waals surface area contributed by atoms with E-state index in [0.717, 1.165) is 12.8 Å². The number of rotatable bonds is 4. The molecule has 1 unspecified atom stereocenters. The van der Waals surface area contributed by atoms with Gasteiger partial charge in [-0.25, -0.2) is 0 Å². The molecule has 0 bridgehead atoms. The topological polar surface area (TPSA) is 43.4 Å². The molecule has 0 aromatic heterocycles. The van der Waals surface area contributed by atoms with Crippen molar-refractivity contribution in [3.8, 4) is 0 Å². The van der Waals surface area contributed by atoms with E-state index >= 15 is 0 Å². The predicted octanol–water partition coefficient (Wildman–Crippen LogP) is 2.04. The van der Waals surface area contributed by atoms with Crippen LogP contribution in [0.2, 0.25) is 0 Å². The second-order valence-corrected chi connectivity index (χ2v) is 5.05.